The summed E-state index contributed by atoms with van der Waals surface area (Å²) < 4.78 is 3.57. The number of rotatable bonds is 4. The zero-order valence-electron chi connectivity index (χ0n) is 13.6. The lowest BCUT2D eigenvalue weighted by molar-refractivity contribution is 0.101. The van der Waals surface area contributed by atoms with Gasteiger partial charge in [0.1, 0.15) is 12.0 Å². The van der Waals surface area contributed by atoms with Gasteiger partial charge in [-0.3, -0.25) is 9.36 Å². The third kappa shape index (κ3) is 2.76. The van der Waals surface area contributed by atoms with Gasteiger partial charge in [0.25, 0.3) is 5.91 Å². The average molecular weight is 332 g/mol. The van der Waals surface area contributed by atoms with Crippen LogP contribution in [0.2, 0.25) is 0 Å². The molecular weight excluding hydrogens is 316 g/mol. The molecule has 1 N–H and O–H groups in total. The molecule has 2 heterocycles. The van der Waals surface area contributed by atoms with Gasteiger partial charge in [-0.2, -0.15) is 0 Å². The van der Waals surface area contributed by atoms with Crippen molar-refractivity contribution >= 4 is 22.6 Å². The molecule has 4 rings (SSSR count). The summed E-state index contributed by atoms with van der Waals surface area (Å²) in [4.78, 5) is 16.7. The first-order valence-corrected chi connectivity index (χ1v) is 7.98. The van der Waals surface area contributed by atoms with E-state index < -0.39 is 0 Å². The molecule has 25 heavy (non-hydrogen) atoms. The summed E-state index contributed by atoms with van der Waals surface area (Å²) >= 11 is 0. The van der Waals surface area contributed by atoms with Crippen molar-refractivity contribution in [1.82, 2.24) is 24.5 Å². The molecule has 7 heteroatoms. The van der Waals surface area contributed by atoms with E-state index in [0.29, 0.717) is 17.9 Å². The van der Waals surface area contributed by atoms with Crippen LogP contribution in [0.15, 0.2) is 61.1 Å². The van der Waals surface area contributed by atoms with Crippen LogP contribution in [-0.4, -0.2) is 30.5 Å². The minimum atomic E-state index is -0.229. The second-order valence-electron chi connectivity index (χ2n) is 5.54. The van der Waals surface area contributed by atoms with Crippen LogP contribution in [0, 0.1) is 0 Å². The normalized spacial score (nSPS) is 10.9. The lowest BCUT2D eigenvalue weighted by Crippen LogP contribution is -2.17. The predicted molar refractivity (Wildman–Crippen MR) is 94.7 cm³/mol. The van der Waals surface area contributed by atoms with Crippen LogP contribution in [0.4, 0.5) is 5.69 Å². The van der Waals surface area contributed by atoms with E-state index in [1.165, 1.54) is 6.20 Å². The van der Waals surface area contributed by atoms with Crippen molar-refractivity contribution in [2.75, 3.05) is 5.32 Å². The first-order chi connectivity index (χ1) is 12.3. The van der Waals surface area contributed by atoms with Gasteiger partial charge in [0, 0.05) is 17.9 Å². The maximum Gasteiger partial charge on any atom is 0.275 e. The van der Waals surface area contributed by atoms with Crippen molar-refractivity contribution < 1.29 is 4.79 Å². The molecule has 0 bridgehead atoms. The summed E-state index contributed by atoms with van der Waals surface area (Å²) in [6.45, 7) is 2.51. The fourth-order valence-corrected chi connectivity index (χ4v) is 2.73. The van der Waals surface area contributed by atoms with E-state index >= 15 is 0 Å². The molecule has 2 aromatic heterocycles. The first kappa shape index (κ1) is 15.1. The number of fused-ring (bicyclic) bond motifs is 1. The number of nitrogens with one attached hydrogen (secondary N) is 1. The summed E-state index contributed by atoms with van der Waals surface area (Å²) in [5.74, 6) is -0.229. The SMILES string of the molecule is CCn1nncc1C(=O)Nc1ccc(-n2cnc3ccccc32)cc1. The molecule has 0 saturated carbocycles. The number of para-hydroxylation sites is 2. The van der Waals surface area contributed by atoms with Crippen LogP contribution >= 0.6 is 0 Å². The molecule has 0 radical (unpaired) electrons. The maximum atomic E-state index is 12.3. The second kappa shape index (κ2) is 6.20. The Kier molecular flexibility index (Phi) is 3.74. The van der Waals surface area contributed by atoms with E-state index in [9.17, 15) is 4.79 Å². The maximum absolute atomic E-state index is 12.3. The number of hydrogen-bond acceptors (Lipinski definition) is 4. The Morgan fingerprint density at radius 2 is 1.92 bits per heavy atom. The number of aromatic nitrogens is 5. The second-order valence-corrected chi connectivity index (χ2v) is 5.54. The van der Waals surface area contributed by atoms with Crippen LogP contribution in [0.5, 0.6) is 0 Å². The molecule has 124 valence electrons. The van der Waals surface area contributed by atoms with E-state index in [-0.39, 0.29) is 5.91 Å². The summed E-state index contributed by atoms with van der Waals surface area (Å²) in [5, 5.41) is 10.5. The molecule has 0 fully saturated rings. The number of nitrogens with zero attached hydrogens (tertiary/aromatic N) is 5. The number of carbonyl (C=O) groups is 1. The van der Waals surface area contributed by atoms with Crippen molar-refractivity contribution in [3.05, 3.63) is 66.7 Å². The summed E-state index contributed by atoms with van der Waals surface area (Å²) in [7, 11) is 0. The molecule has 0 aliphatic rings. The average Bonchev–Trinajstić information content (AvgIpc) is 3.29. The molecule has 0 spiro atoms. The minimum Gasteiger partial charge on any atom is -0.321 e. The number of hydrogen-bond donors (Lipinski definition) is 1. The standard InChI is InChI=1S/C18H16N6O/c1-2-24-17(11-20-22-24)18(25)21-13-7-9-14(10-8-13)23-12-19-15-5-3-4-6-16(15)23/h3-12H,2H2,1H3,(H,21,25). The van der Waals surface area contributed by atoms with Crippen LogP contribution in [0.1, 0.15) is 17.4 Å². The van der Waals surface area contributed by atoms with Gasteiger partial charge >= 0.3 is 0 Å². The zero-order valence-corrected chi connectivity index (χ0v) is 13.6. The van der Waals surface area contributed by atoms with Crippen LogP contribution < -0.4 is 5.32 Å². The quantitative estimate of drug-likeness (QED) is 0.623. The Bertz CT molecular complexity index is 1030. The van der Waals surface area contributed by atoms with Crippen molar-refractivity contribution in [3.8, 4) is 5.69 Å². The lowest BCUT2D eigenvalue weighted by Gasteiger charge is -2.08. The van der Waals surface area contributed by atoms with Gasteiger partial charge in [0.15, 0.2) is 0 Å². The monoisotopic (exact) mass is 332 g/mol. The van der Waals surface area contributed by atoms with E-state index in [2.05, 4.69) is 20.6 Å². The van der Waals surface area contributed by atoms with Crippen molar-refractivity contribution in [1.29, 1.82) is 0 Å². The van der Waals surface area contributed by atoms with Gasteiger partial charge in [-0.05, 0) is 43.3 Å². The highest BCUT2D eigenvalue weighted by Crippen LogP contribution is 2.19. The number of carbonyl (C=O) groups excluding carboxylic acids is 1. The Morgan fingerprint density at radius 1 is 1.12 bits per heavy atom. The Balaban J connectivity index is 1.57. The molecule has 0 saturated heterocycles. The highest BCUT2D eigenvalue weighted by molar-refractivity contribution is 6.02. The van der Waals surface area contributed by atoms with Crippen LogP contribution in [-0.2, 0) is 6.54 Å². The summed E-state index contributed by atoms with van der Waals surface area (Å²) in [5.41, 5.74) is 4.11. The van der Waals surface area contributed by atoms with Gasteiger partial charge in [-0.15, -0.1) is 5.10 Å². The largest absolute Gasteiger partial charge is 0.321 e. The molecule has 4 aromatic rings. The topological polar surface area (TPSA) is 77.6 Å². The molecule has 7 nitrogen and oxygen atoms in total. The fraction of sp³-hybridized carbons (Fsp3) is 0.111. The lowest BCUT2D eigenvalue weighted by atomic mass is 10.2. The minimum absolute atomic E-state index is 0.229. The van der Waals surface area contributed by atoms with Gasteiger partial charge in [-0.1, -0.05) is 17.3 Å². The molecule has 0 aliphatic carbocycles. The smallest absolute Gasteiger partial charge is 0.275 e. The van der Waals surface area contributed by atoms with E-state index in [4.69, 9.17) is 0 Å². The third-order valence-corrected chi connectivity index (χ3v) is 4.01. The zero-order chi connectivity index (χ0) is 17.2. The Hall–Kier alpha value is -3.48. The highest BCUT2D eigenvalue weighted by Gasteiger charge is 2.12. The highest BCUT2D eigenvalue weighted by atomic mass is 16.2. The van der Waals surface area contributed by atoms with Gasteiger partial charge in [-0.25, -0.2) is 9.67 Å². The van der Waals surface area contributed by atoms with Crippen molar-refractivity contribution in [2.24, 2.45) is 0 Å². The van der Waals surface area contributed by atoms with Gasteiger partial charge in [0.2, 0.25) is 0 Å². The number of imidazole rings is 1. The molecule has 2 aromatic carbocycles. The van der Waals surface area contributed by atoms with Gasteiger partial charge < -0.3 is 5.32 Å². The molecular formula is C18H16N6O. The molecule has 0 aliphatic heterocycles. The molecule has 0 unspecified atom stereocenters. The molecule has 1 amide bonds. The number of anilines is 1. The predicted octanol–water partition coefficient (Wildman–Crippen LogP) is 2.89. The van der Waals surface area contributed by atoms with Gasteiger partial charge in [0.05, 0.1) is 17.2 Å². The van der Waals surface area contributed by atoms with E-state index in [1.54, 1.807) is 11.0 Å². The Morgan fingerprint density at radius 3 is 2.72 bits per heavy atom. The number of amides is 1. The van der Waals surface area contributed by atoms with Crippen LogP contribution in [0.25, 0.3) is 16.7 Å². The molecule has 0 atom stereocenters. The van der Waals surface area contributed by atoms with Crippen molar-refractivity contribution in [3.63, 3.8) is 0 Å². The van der Waals surface area contributed by atoms with Crippen LogP contribution in [0.3, 0.4) is 0 Å². The fourth-order valence-electron chi connectivity index (χ4n) is 2.73. The number of aryl methyl sites for hydroxylation is 1. The third-order valence-electron chi connectivity index (χ3n) is 4.01. The summed E-state index contributed by atoms with van der Waals surface area (Å²) in [6, 6.07) is 15.6. The first-order valence-electron chi connectivity index (χ1n) is 7.98. The summed E-state index contributed by atoms with van der Waals surface area (Å²) in [6.07, 6.45) is 3.26. The van der Waals surface area contributed by atoms with Crippen molar-refractivity contribution in [2.45, 2.75) is 13.5 Å². The van der Waals surface area contributed by atoms with E-state index in [0.717, 1.165) is 16.7 Å². The van der Waals surface area contributed by atoms with E-state index in [1.807, 2.05) is 60.0 Å². The Labute approximate surface area is 143 Å². The number of benzene rings is 2.